The second-order valence-corrected chi connectivity index (χ2v) is 15.2. The third-order valence-corrected chi connectivity index (χ3v) is 13.8. The van der Waals surface area contributed by atoms with Gasteiger partial charge in [0.1, 0.15) is 0 Å². The Hall–Kier alpha value is -1.61. The van der Waals surface area contributed by atoms with Gasteiger partial charge < -0.3 is 9.80 Å². The van der Waals surface area contributed by atoms with E-state index in [1.165, 1.54) is 38.5 Å². The summed E-state index contributed by atoms with van der Waals surface area (Å²) in [4.78, 5) is 18.0. The lowest BCUT2D eigenvalue weighted by molar-refractivity contribution is -0.107. The number of fused-ring (bicyclic) bond motifs is 2. The first-order chi connectivity index (χ1) is 17.4. The first-order valence-electron chi connectivity index (χ1n) is 15.0. The average molecular weight is 503 g/mol. The number of allylic oxidation sites excluding steroid dienone is 2. The minimum absolute atomic E-state index is 0.0711. The summed E-state index contributed by atoms with van der Waals surface area (Å²) in [6.45, 7) is 12.7. The molecule has 5 aliphatic rings. The molecule has 2 spiro atoms. The predicted molar refractivity (Wildman–Crippen MR) is 152 cm³/mol. The number of nitrogens with zero attached hydrogens (tertiary/aromatic N) is 2. The van der Waals surface area contributed by atoms with Crippen molar-refractivity contribution in [2.24, 2.45) is 44.8 Å². The summed E-state index contributed by atoms with van der Waals surface area (Å²) in [6, 6.07) is 10.8. The number of hydrogen-bond acceptors (Lipinski definition) is 2. The summed E-state index contributed by atoms with van der Waals surface area (Å²) in [5.41, 5.74) is 2.63. The van der Waals surface area contributed by atoms with Crippen LogP contribution in [0.2, 0.25) is 0 Å². The van der Waals surface area contributed by atoms with Crippen molar-refractivity contribution < 1.29 is 4.79 Å². The maximum absolute atomic E-state index is 13.4. The Balaban J connectivity index is 1.31. The molecule has 9 unspecified atom stereocenters. The molecular formula is C34H50N2O. The third-order valence-electron chi connectivity index (χ3n) is 13.8. The first kappa shape index (κ1) is 25.7. The van der Waals surface area contributed by atoms with Gasteiger partial charge in [-0.3, -0.25) is 4.79 Å². The van der Waals surface area contributed by atoms with E-state index in [1.54, 1.807) is 0 Å². The van der Waals surface area contributed by atoms with E-state index in [1.807, 2.05) is 30.3 Å². The molecule has 3 heteroatoms. The lowest BCUT2D eigenvalue weighted by Gasteiger charge is -2.62. The van der Waals surface area contributed by atoms with Crippen LogP contribution in [0.5, 0.6) is 0 Å². The van der Waals surface area contributed by atoms with E-state index in [2.05, 4.69) is 77.7 Å². The maximum Gasteiger partial charge on any atom is 0.253 e. The van der Waals surface area contributed by atoms with Crippen molar-refractivity contribution in [3.63, 3.8) is 0 Å². The molecule has 0 radical (unpaired) electrons. The summed E-state index contributed by atoms with van der Waals surface area (Å²) in [5, 5.41) is 0. The van der Waals surface area contributed by atoms with Crippen molar-refractivity contribution >= 4 is 5.91 Å². The van der Waals surface area contributed by atoms with Crippen molar-refractivity contribution in [3.8, 4) is 0 Å². The van der Waals surface area contributed by atoms with Crippen molar-refractivity contribution in [1.29, 1.82) is 0 Å². The van der Waals surface area contributed by atoms with Crippen LogP contribution >= 0.6 is 0 Å². The SMILES string of the molecule is CC(C1CCC2(C)C3C=CC4C(C)(C)C(N(C)C(=O)c5ccccc5)CCC45CC35CCC12C)N(C)C. The van der Waals surface area contributed by atoms with E-state index >= 15 is 0 Å². The van der Waals surface area contributed by atoms with Crippen LogP contribution in [0.3, 0.4) is 0 Å². The summed E-state index contributed by atoms with van der Waals surface area (Å²) in [5.74, 6) is 2.23. The van der Waals surface area contributed by atoms with Gasteiger partial charge in [-0.05, 0) is 123 Å². The molecule has 6 rings (SSSR count). The maximum atomic E-state index is 13.4. The molecule has 0 heterocycles. The summed E-state index contributed by atoms with van der Waals surface area (Å²) in [6.07, 6.45) is 14.8. The molecule has 0 bridgehead atoms. The smallest absolute Gasteiger partial charge is 0.253 e. The summed E-state index contributed by atoms with van der Waals surface area (Å²) < 4.78 is 0. The molecule has 5 aliphatic carbocycles. The Labute approximate surface area is 226 Å². The van der Waals surface area contributed by atoms with Crippen LogP contribution in [0.4, 0.5) is 0 Å². The lowest BCUT2D eigenvalue weighted by Crippen LogP contribution is -2.59. The topological polar surface area (TPSA) is 23.6 Å². The number of benzene rings is 1. The summed E-state index contributed by atoms with van der Waals surface area (Å²) >= 11 is 0. The van der Waals surface area contributed by atoms with Gasteiger partial charge in [0.05, 0.1) is 0 Å². The number of carbonyl (C=O) groups is 1. The van der Waals surface area contributed by atoms with E-state index in [0.717, 1.165) is 17.9 Å². The minimum Gasteiger partial charge on any atom is -0.338 e. The van der Waals surface area contributed by atoms with Gasteiger partial charge in [-0.2, -0.15) is 0 Å². The van der Waals surface area contributed by atoms with Crippen LogP contribution < -0.4 is 0 Å². The second-order valence-electron chi connectivity index (χ2n) is 15.2. The van der Waals surface area contributed by atoms with Crippen molar-refractivity contribution in [3.05, 3.63) is 48.0 Å². The van der Waals surface area contributed by atoms with E-state index in [-0.39, 0.29) is 17.4 Å². The molecule has 1 aromatic carbocycles. The Bertz CT molecular complexity index is 1110. The molecule has 4 saturated carbocycles. The van der Waals surface area contributed by atoms with Crippen molar-refractivity contribution in [1.82, 2.24) is 9.80 Å². The summed E-state index contributed by atoms with van der Waals surface area (Å²) in [7, 11) is 6.60. The first-order valence-corrected chi connectivity index (χ1v) is 15.0. The number of amides is 1. The predicted octanol–water partition coefficient (Wildman–Crippen LogP) is 7.29. The average Bonchev–Trinajstić information content (AvgIpc) is 3.45. The lowest BCUT2D eigenvalue weighted by atomic mass is 9.43. The standard InChI is InChI=1S/C34H50N2O/c1-23(35(6)7)25-16-18-32(5)27-15-14-26-30(2,3)28(36(8)29(37)24-12-10-9-11-13-24)17-19-33(26)22-34(27,33)21-20-31(25,32)4/h9-15,23,25-28H,16-22H2,1-8H3. The Morgan fingerprint density at radius 1 is 0.838 bits per heavy atom. The molecule has 1 aromatic rings. The van der Waals surface area contributed by atoms with Crippen LogP contribution in [0.1, 0.15) is 89.9 Å². The van der Waals surface area contributed by atoms with Gasteiger partial charge >= 0.3 is 0 Å². The highest BCUT2D eigenvalue weighted by Gasteiger charge is 2.81. The van der Waals surface area contributed by atoms with Crippen LogP contribution in [-0.2, 0) is 0 Å². The fraction of sp³-hybridized carbons (Fsp3) is 0.735. The third kappa shape index (κ3) is 3.07. The molecular weight excluding hydrogens is 452 g/mol. The van der Waals surface area contributed by atoms with E-state index < -0.39 is 0 Å². The molecule has 0 N–H and O–H groups in total. The monoisotopic (exact) mass is 502 g/mol. The Morgan fingerprint density at radius 3 is 2.16 bits per heavy atom. The number of carbonyl (C=O) groups excluding carboxylic acids is 1. The largest absolute Gasteiger partial charge is 0.338 e. The molecule has 9 atom stereocenters. The number of hydrogen-bond donors (Lipinski definition) is 0. The Kier molecular flexibility index (Phi) is 5.52. The van der Waals surface area contributed by atoms with Gasteiger partial charge in [-0.15, -0.1) is 0 Å². The molecule has 0 aromatic heterocycles. The van der Waals surface area contributed by atoms with Crippen LogP contribution in [0.15, 0.2) is 42.5 Å². The molecule has 3 nitrogen and oxygen atoms in total. The molecule has 1 amide bonds. The zero-order valence-corrected chi connectivity index (χ0v) is 24.7. The number of rotatable bonds is 4. The van der Waals surface area contributed by atoms with Gasteiger partial charge in [0.2, 0.25) is 0 Å². The molecule has 0 saturated heterocycles. The van der Waals surface area contributed by atoms with Gasteiger partial charge in [0.15, 0.2) is 0 Å². The zero-order valence-electron chi connectivity index (χ0n) is 24.7. The molecule has 202 valence electrons. The second kappa shape index (κ2) is 7.96. The fourth-order valence-corrected chi connectivity index (χ4v) is 11.4. The van der Waals surface area contributed by atoms with Crippen LogP contribution in [0, 0.1) is 44.8 Å². The Morgan fingerprint density at radius 2 is 1.49 bits per heavy atom. The highest BCUT2D eigenvalue weighted by atomic mass is 16.2. The van der Waals surface area contributed by atoms with Crippen molar-refractivity contribution in [2.45, 2.75) is 91.6 Å². The highest BCUT2D eigenvalue weighted by Crippen LogP contribution is 2.87. The van der Waals surface area contributed by atoms with Crippen LogP contribution in [0.25, 0.3) is 0 Å². The van der Waals surface area contributed by atoms with Gasteiger partial charge in [-0.25, -0.2) is 0 Å². The molecule has 4 fully saturated rings. The quantitative estimate of drug-likeness (QED) is 0.404. The zero-order chi connectivity index (χ0) is 26.6. The van der Waals surface area contributed by atoms with E-state index in [4.69, 9.17) is 0 Å². The highest BCUT2D eigenvalue weighted by molar-refractivity contribution is 5.94. The minimum atomic E-state index is 0.0711. The van der Waals surface area contributed by atoms with Gasteiger partial charge in [0, 0.05) is 24.7 Å². The fourth-order valence-electron chi connectivity index (χ4n) is 11.4. The molecule has 0 aliphatic heterocycles. The van der Waals surface area contributed by atoms with Crippen molar-refractivity contribution in [2.75, 3.05) is 21.1 Å². The van der Waals surface area contributed by atoms with Crippen LogP contribution in [-0.4, -0.2) is 48.9 Å². The van der Waals surface area contributed by atoms with Gasteiger partial charge in [0.25, 0.3) is 5.91 Å². The van der Waals surface area contributed by atoms with Gasteiger partial charge in [-0.1, -0.05) is 58.0 Å². The van der Waals surface area contributed by atoms with E-state index in [9.17, 15) is 4.79 Å². The normalized spacial score (nSPS) is 45.9. The van der Waals surface area contributed by atoms with E-state index in [0.29, 0.717) is 39.5 Å². The molecule has 37 heavy (non-hydrogen) atoms.